The van der Waals surface area contributed by atoms with Crippen LogP contribution in [0.25, 0.3) is 0 Å². The molecule has 1 aromatic carbocycles. The van der Waals surface area contributed by atoms with E-state index in [1.54, 1.807) is 6.07 Å². The van der Waals surface area contributed by atoms with Crippen LogP contribution in [0.2, 0.25) is 5.02 Å². The predicted molar refractivity (Wildman–Crippen MR) is 78.4 cm³/mol. The van der Waals surface area contributed by atoms with Gasteiger partial charge in [0.25, 0.3) is 0 Å². The van der Waals surface area contributed by atoms with E-state index in [-0.39, 0.29) is 11.4 Å². The molecule has 6 heteroatoms. The van der Waals surface area contributed by atoms with Crippen molar-refractivity contribution in [3.05, 3.63) is 51.1 Å². The third kappa shape index (κ3) is 3.24. The molecule has 1 heterocycles. The zero-order valence-corrected chi connectivity index (χ0v) is 12.3. The van der Waals surface area contributed by atoms with Crippen LogP contribution in [0, 0.1) is 6.92 Å². The molecule has 19 heavy (non-hydrogen) atoms. The minimum absolute atomic E-state index is 0.0890. The number of aryl methyl sites for hydroxylation is 1. The summed E-state index contributed by atoms with van der Waals surface area (Å²) in [6.07, 6.45) is 1.53. The van der Waals surface area contributed by atoms with Gasteiger partial charge < -0.3 is 10.4 Å². The van der Waals surface area contributed by atoms with Gasteiger partial charge in [-0.3, -0.25) is 0 Å². The smallest absolute Gasteiger partial charge is 0.339 e. The topological polar surface area (TPSA) is 62.2 Å². The SMILES string of the molecule is Cc1ccc(Nc2ncc(Br)cc2C(=O)O)cc1Cl. The van der Waals surface area contributed by atoms with E-state index < -0.39 is 5.97 Å². The van der Waals surface area contributed by atoms with Crippen LogP contribution in [-0.2, 0) is 0 Å². The fourth-order valence-electron chi connectivity index (χ4n) is 1.51. The van der Waals surface area contributed by atoms with Crippen molar-refractivity contribution >= 4 is 45.0 Å². The number of nitrogens with one attached hydrogen (secondary N) is 1. The molecule has 0 bridgehead atoms. The van der Waals surface area contributed by atoms with Crippen molar-refractivity contribution in [3.63, 3.8) is 0 Å². The summed E-state index contributed by atoms with van der Waals surface area (Å²) in [5, 5.41) is 12.7. The Morgan fingerprint density at radius 3 is 2.79 bits per heavy atom. The lowest BCUT2D eigenvalue weighted by Gasteiger charge is -2.10. The highest BCUT2D eigenvalue weighted by molar-refractivity contribution is 9.10. The molecule has 4 nitrogen and oxygen atoms in total. The van der Waals surface area contributed by atoms with Crippen LogP contribution < -0.4 is 5.32 Å². The first-order valence-electron chi connectivity index (χ1n) is 5.39. The minimum Gasteiger partial charge on any atom is -0.478 e. The highest BCUT2D eigenvalue weighted by Gasteiger charge is 2.12. The molecule has 0 saturated carbocycles. The van der Waals surface area contributed by atoms with Crippen molar-refractivity contribution in [2.45, 2.75) is 6.92 Å². The van der Waals surface area contributed by atoms with Crippen LogP contribution >= 0.6 is 27.5 Å². The zero-order chi connectivity index (χ0) is 14.0. The van der Waals surface area contributed by atoms with Crippen molar-refractivity contribution in [2.24, 2.45) is 0 Å². The number of carboxylic acids is 1. The standard InChI is InChI=1S/C13H10BrClN2O2/c1-7-2-3-9(5-11(7)15)17-12-10(13(18)19)4-8(14)6-16-12/h2-6H,1H3,(H,16,17)(H,18,19). The lowest BCUT2D eigenvalue weighted by Crippen LogP contribution is -2.05. The van der Waals surface area contributed by atoms with Crippen LogP contribution in [0.4, 0.5) is 11.5 Å². The molecule has 0 saturated heterocycles. The van der Waals surface area contributed by atoms with Gasteiger partial charge in [-0.1, -0.05) is 17.7 Å². The number of carboxylic acid groups (broad SMARTS) is 1. The highest BCUT2D eigenvalue weighted by atomic mass is 79.9. The molecule has 2 N–H and O–H groups in total. The molecule has 1 aromatic heterocycles. The number of aromatic carboxylic acids is 1. The lowest BCUT2D eigenvalue weighted by molar-refractivity contribution is 0.0697. The summed E-state index contributed by atoms with van der Waals surface area (Å²) in [5.74, 6) is -0.773. The van der Waals surface area contributed by atoms with Gasteiger partial charge in [-0.05, 0) is 46.6 Å². The number of nitrogens with zero attached hydrogens (tertiary/aromatic N) is 1. The maximum absolute atomic E-state index is 11.2. The Morgan fingerprint density at radius 2 is 2.16 bits per heavy atom. The Bertz CT molecular complexity index is 647. The monoisotopic (exact) mass is 340 g/mol. The van der Waals surface area contributed by atoms with Crippen molar-refractivity contribution in [1.82, 2.24) is 4.98 Å². The first kappa shape index (κ1) is 13.8. The summed E-state index contributed by atoms with van der Waals surface area (Å²) in [7, 11) is 0. The number of hydrogen-bond donors (Lipinski definition) is 2. The third-order valence-electron chi connectivity index (χ3n) is 2.52. The summed E-state index contributed by atoms with van der Waals surface area (Å²) in [4.78, 5) is 15.2. The fourth-order valence-corrected chi connectivity index (χ4v) is 2.02. The van der Waals surface area contributed by atoms with Crippen molar-refractivity contribution < 1.29 is 9.90 Å². The summed E-state index contributed by atoms with van der Waals surface area (Å²) in [5.41, 5.74) is 1.73. The predicted octanol–water partition coefficient (Wildman–Crippen LogP) is 4.25. The Kier molecular flexibility index (Phi) is 4.07. The Hall–Kier alpha value is -1.59. The average molecular weight is 342 g/mol. The van der Waals surface area contributed by atoms with Gasteiger partial charge in [0.2, 0.25) is 0 Å². The summed E-state index contributed by atoms with van der Waals surface area (Å²) in [6, 6.07) is 6.89. The number of halogens is 2. The largest absolute Gasteiger partial charge is 0.478 e. The molecule has 0 fully saturated rings. The second-order valence-corrected chi connectivity index (χ2v) is 5.27. The average Bonchev–Trinajstić information content (AvgIpc) is 2.36. The minimum atomic E-state index is -1.05. The van der Waals surface area contributed by atoms with Crippen LogP contribution in [0.15, 0.2) is 34.9 Å². The lowest BCUT2D eigenvalue weighted by atomic mass is 10.2. The van der Waals surface area contributed by atoms with E-state index in [2.05, 4.69) is 26.2 Å². The van der Waals surface area contributed by atoms with Gasteiger partial charge in [0.1, 0.15) is 11.4 Å². The van der Waals surface area contributed by atoms with Gasteiger partial charge in [0.15, 0.2) is 0 Å². The molecule has 0 aliphatic heterocycles. The fraction of sp³-hybridized carbons (Fsp3) is 0.0769. The maximum atomic E-state index is 11.2. The van der Waals surface area contributed by atoms with Gasteiger partial charge in [-0.2, -0.15) is 0 Å². The first-order chi connectivity index (χ1) is 8.97. The van der Waals surface area contributed by atoms with Gasteiger partial charge in [0, 0.05) is 21.4 Å². The molecule has 0 atom stereocenters. The third-order valence-corrected chi connectivity index (χ3v) is 3.36. The molecular formula is C13H10BrClN2O2. The molecule has 98 valence electrons. The Labute approximate surface area is 123 Å². The van der Waals surface area contributed by atoms with Crippen LogP contribution in [-0.4, -0.2) is 16.1 Å². The molecule has 0 unspecified atom stereocenters. The second-order valence-electron chi connectivity index (χ2n) is 3.94. The Balaban J connectivity index is 2.37. The molecule has 0 spiro atoms. The molecule has 2 aromatic rings. The van der Waals surface area contributed by atoms with Crippen molar-refractivity contribution in [1.29, 1.82) is 0 Å². The van der Waals surface area contributed by atoms with E-state index in [0.717, 1.165) is 5.56 Å². The maximum Gasteiger partial charge on any atom is 0.339 e. The number of carbonyl (C=O) groups is 1. The molecule has 0 aliphatic rings. The van der Waals surface area contributed by atoms with Gasteiger partial charge in [-0.25, -0.2) is 9.78 Å². The summed E-state index contributed by atoms with van der Waals surface area (Å²) in [6.45, 7) is 1.90. The van der Waals surface area contributed by atoms with Crippen molar-refractivity contribution in [2.75, 3.05) is 5.32 Å². The van der Waals surface area contributed by atoms with Gasteiger partial charge in [-0.15, -0.1) is 0 Å². The molecule has 0 radical (unpaired) electrons. The summed E-state index contributed by atoms with van der Waals surface area (Å²) < 4.78 is 0.609. The number of hydrogen-bond acceptors (Lipinski definition) is 3. The zero-order valence-electron chi connectivity index (χ0n) is 9.95. The molecular weight excluding hydrogens is 332 g/mol. The number of rotatable bonds is 3. The van der Waals surface area contributed by atoms with Crippen molar-refractivity contribution in [3.8, 4) is 0 Å². The number of aromatic nitrogens is 1. The quantitative estimate of drug-likeness (QED) is 0.876. The number of benzene rings is 1. The van der Waals surface area contributed by atoms with E-state index >= 15 is 0 Å². The second kappa shape index (κ2) is 5.59. The van der Waals surface area contributed by atoms with E-state index in [1.165, 1.54) is 12.3 Å². The van der Waals surface area contributed by atoms with E-state index in [9.17, 15) is 4.79 Å². The molecule has 2 rings (SSSR count). The van der Waals surface area contributed by atoms with Crippen LogP contribution in [0.5, 0.6) is 0 Å². The Morgan fingerprint density at radius 1 is 1.42 bits per heavy atom. The van der Waals surface area contributed by atoms with Gasteiger partial charge >= 0.3 is 5.97 Å². The van der Waals surface area contributed by atoms with Crippen LogP contribution in [0.3, 0.4) is 0 Å². The van der Waals surface area contributed by atoms with E-state index in [1.807, 2.05) is 19.1 Å². The normalized spacial score (nSPS) is 10.3. The molecule has 0 aliphatic carbocycles. The van der Waals surface area contributed by atoms with E-state index in [4.69, 9.17) is 16.7 Å². The van der Waals surface area contributed by atoms with Gasteiger partial charge in [0.05, 0.1) is 0 Å². The highest BCUT2D eigenvalue weighted by Crippen LogP contribution is 2.25. The molecule has 0 amide bonds. The van der Waals surface area contributed by atoms with Crippen LogP contribution in [0.1, 0.15) is 15.9 Å². The summed E-state index contributed by atoms with van der Waals surface area (Å²) >= 11 is 9.22. The number of pyridine rings is 1. The van der Waals surface area contributed by atoms with E-state index in [0.29, 0.717) is 15.2 Å². The number of anilines is 2. The first-order valence-corrected chi connectivity index (χ1v) is 6.56.